The van der Waals surface area contributed by atoms with Crippen LogP contribution in [0.4, 0.5) is 0 Å². The van der Waals surface area contributed by atoms with Gasteiger partial charge in [0.15, 0.2) is 0 Å². The van der Waals surface area contributed by atoms with Crippen molar-refractivity contribution in [2.75, 3.05) is 0 Å². The van der Waals surface area contributed by atoms with Crippen LogP contribution >= 0.6 is 23.2 Å². The van der Waals surface area contributed by atoms with E-state index in [0.29, 0.717) is 0 Å². The maximum absolute atomic E-state index is 10.8. The van der Waals surface area contributed by atoms with Crippen LogP contribution < -0.4 is 0 Å². The van der Waals surface area contributed by atoms with E-state index in [2.05, 4.69) is 0 Å². The van der Waals surface area contributed by atoms with E-state index in [1.165, 1.54) is 0 Å². The molecule has 0 saturated heterocycles. The highest BCUT2D eigenvalue weighted by Gasteiger charge is 2.69. The Balaban J connectivity index is 2.13. The largest absolute Gasteiger partial charge is 0.481 e. The van der Waals surface area contributed by atoms with Crippen LogP contribution in [0.25, 0.3) is 0 Å². The number of carboxylic acids is 1. The van der Waals surface area contributed by atoms with Crippen molar-refractivity contribution in [2.24, 2.45) is 17.3 Å². The summed E-state index contributed by atoms with van der Waals surface area (Å²) in [5.74, 6) is -0.881. The molecule has 2 rings (SSSR count). The average molecular weight is 221 g/mol. The highest BCUT2D eigenvalue weighted by molar-refractivity contribution is 6.55. The predicted octanol–water partition coefficient (Wildman–Crippen LogP) is 2.81. The first-order valence-corrected chi connectivity index (χ1v) is 5.09. The van der Waals surface area contributed by atoms with Gasteiger partial charge in [0.1, 0.15) is 4.49 Å². The van der Waals surface area contributed by atoms with Gasteiger partial charge in [0.05, 0.1) is 5.92 Å². The zero-order valence-corrected chi connectivity index (χ0v) is 8.48. The Morgan fingerprint density at radius 2 is 2.08 bits per heavy atom. The van der Waals surface area contributed by atoms with E-state index < -0.39 is 5.97 Å². The average Bonchev–Trinajstić information content (AvgIpc) is 2.54. The normalized spacial score (nSPS) is 33.7. The number of rotatable bonds is 2. The molecule has 0 bridgehead atoms. The SMILES string of the molecule is O=C(O)[C@H]1[C@H](C=C(Cl)Cl)C12CCC2. The van der Waals surface area contributed by atoms with Crippen molar-refractivity contribution in [1.29, 1.82) is 0 Å². The quantitative estimate of drug-likeness (QED) is 0.778. The Labute approximate surface area is 86.5 Å². The van der Waals surface area contributed by atoms with Crippen LogP contribution in [0.1, 0.15) is 19.3 Å². The van der Waals surface area contributed by atoms with Gasteiger partial charge < -0.3 is 5.11 Å². The second kappa shape index (κ2) is 2.89. The van der Waals surface area contributed by atoms with Gasteiger partial charge >= 0.3 is 5.97 Å². The first-order valence-electron chi connectivity index (χ1n) is 4.33. The molecular formula is C9H10Cl2O2. The minimum absolute atomic E-state index is 0.0147. The van der Waals surface area contributed by atoms with Crippen LogP contribution in [0.2, 0.25) is 0 Å². The summed E-state index contributed by atoms with van der Waals surface area (Å²) in [6.45, 7) is 0. The standard InChI is InChI=1S/C9H10Cl2O2/c10-6(11)4-5-7(8(12)13)9(5)2-1-3-9/h4-5,7H,1-3H2,(H,12,13)/t5-,7+/m0/s1. The number of hydrogen-bond donors (Lipinski definition) is 1. The first-order chi connectivity index (χ1) is 6.08. The second-order valence-corrected chi connectivity index (χ2v) is 4.89. The molecule has 72 valence electrons. The molecular weight excluding hydrogens is 211 g/mol. The maximum atomic E-state index is 10.8. The summed E-state index contributed by atoms with van der Waals surface area (Å²) < 4.78 is 0.194. The lowest BCUT2D eigenvalue weighted by molar-refractivity contribution is -0.140. The van der Waals surface area contributed by atoms with E-state index >= 15 is 0 Å². The number of allylic oxidation sites excluding steroid dienone is 1. The van der Waals surface area contributed by atoms with E-state index in [0.717, 1.165) is 19.3 Å². The number of carboxylic acid groups (broad SMARTS) is 1. The highest BCUT2D eigenvalue weighted by atomic mass is 35.5. The number of aliphatic carboxylic acids is 1. The van der Waals surface area contributed by atoms with Gasteiger partial charge in [-0.3, -0.25) is 4.79 Å². The van der Waals surface area contributed by atoms with Crippen molar-refractivity contribution in [3.8, 4) is 0 Å². The van der Waals surface area contributed by atoms with E-state index in [-0.39, 0.29) is 21.7 Å². The molecule has 1 N–H and O–H groups in total. The predicted molar refractivity (Wildman–Crippen MR) is 50.7 cm³/mol. The molecule has 0 aromatic heterocycles. The number of hydrogen-bond acceptors (Lipinski definition) is 1. The molecule has 2 atom stereocenters. The number of halogens is 2. The van der Waals surface area contributed by atoms with Gasteiger partial charge in [-0.25, -0.2) is 0 Å². The molecule has 2 nitrogen and oxygen atoms in total. The molecule has 0 aromatic carbocycles. The van der Waals surface area contributed by atoms with Crippen LogP contribution in [0.15, 0.2) is 10.6 Å². The Hall–Kier alpha value is -0.210. The lowest BCUT2D eigenvalue weighted by Crippen LogP contribution is -2.18. The molecule has 2 aliphatic carbocycles. The molecule has 2 fully saturated rings. The Kier molecular flexibility index (Phi) is 2.08. The van der Waals surface area contributed by atoms with Gasteiger partial charge in [-0.1, -0.05) is 29.6 Å². The monoisotopic (exact) mass is 220 g/mol. The van der Waals surface area contributed by atoms with E-state index in [1.54, 1.807) is 6.08 Å². The van der Waals surface area contributed by atoms with E-state index in [9.17, 15) is 4.79 Å². The third-order valence-corrected chi connectivity index (χ3v) is 3.64. The third kappa shape index (κ3) is 1.27. The molecule has 4 heteroatoms. The molecule has 0 amide bonds. The fraction of sp³-hybridized carbons (Fsp3) is 0.667. The molecule has 0 aliphatic heterocycles. The van der Waals surface area contributed by atoms with Crippen molar-refractivity contribution in [3.05, 3.63) is 10.6 Å². The Bertz CT molecular complexity index is 277. The second-order valence-electron chi connectivity index (χ2n) is 3.88. The molecule has 0 aromatic rings. The van der Waals surface area contributed by atoms with Crippen LogP contribution in [0.3, 0.4) is 0 Å². The molecule has 0 heterocycles. The molecule has 2 saturated carbocycles. The first kappa shape index (κ1) is 9.35. The Morgan fingerprint density at radius 3 is 2.31 bits per heavy atom. The molecule has 0 radical (unpaired) electrons. The third-order valence-electron chi connectivity index (χ3n) is 3.39. The zero-order chi connectivity index (χ0) is 9.64. The van der Waals surface area contributed by atoms with Crippen molar-refractivity contribution in [2.45, 2.75) is 19.3 Å². The summed E-state index contributed by atoms with van der Waals surface area (Å²) in [4.78, 5) is 10.8. The minimum Gasteiger partial charge on any atom is -0.481 e. The maximum Gasteiger partial charge on any atom is 0.307 e. The minimum atomic E-state index is -0.712. The van der Waals surface area contributed by atoms with Crippen LogP contribution in [-0.4, -0.2) is 11.1 Å². The fourth-order valence-corrected chi connectivity index (χ4v) is 2.82. The highest BCUT2D eigenvalue weighted by Crippen LogP contribution is 2.70. The summed E-state index contributed by atoms with van der Waals surface area (Å²) in [5.41, 5.74) is 0.0147. The molecule has 1 spiro atoms. The number of carbonyl (C=O) groups is 1. The summed E-state index contributed by atoms with van der Waals surface area (Å²) in [7, 11) is 0. The van der Waals surface area contributed by atoms with Gasteiger partial charge in [-0.15, -0.1) is 0 Å². The van der Waals surface area contributed by atoms with Crippen molar-refractivity contribution < 1.29 is 9.90 Å². The fourth-order valence-electron chi connectivity index (χ4n) is 2.55. The van der Waals surface area contributed by atoms with E-state index in [1.807, 2.05) is 0 Å². The van der Waals surface area contributed by atoms with Gasteiger partial charge in [-0.2, -0.15) is 0 Å². The lowest BCUT2D eigenvalue weighted by Gasteiger charge is -2.26. The van der Waals surface area contributed by atoms with E-state index in [4.69, 9.17) is 28.3 Å². The summed E-state index contributed by atoms with van der Waals surface area (Å²) >= 11 is 11.0. The van der Waals surface area contributed by atoms with Gasteiger partial charge in [0.25, 0.3) is 0 Å². The van der Waals surface area contributed by atoms with Crippen LogP contribution in [0, 0.1) is 17.3 Å². The van der Waals surface area contributed by atoms with Gasteiger partial charge in [0, 0.05) is 0 Å². The van der Waals surface area contributed by atoms with Crippen molar-refractivity contribution >= 4 is 29.2 Å². The van der Waals surface area contributed by atoms with Crippen molar-refractivity contribution in [3.63, 3.8) is 0 Å². The summed E-state index contributed by atoms with van der Waals surface area (Å²) in [5, 5.41) is 8.92. The zero-order valence-electron chi connectivity index (χ0n) is 6.96. The van der Waals surface area contributed by atoms with Crippen molar-refractivity contribution in [1.82, 2.24) is 0 Å². The topological polar surface area (TPSA) is 37.3 Å². The van der Waals surface area contributed by atoms with Crippen LogP contribution in [-0.2, 0) is 4.79 Å². The van der Waals surface area contributed by atoms with Gasteiger partial charge in [0.2, 0.25) is 0 Å². The molecule has 2 aliphatic rings. The smallest absolute Gasteiger partial charge is 0.307 e. The van der Waals surface area contributed by atoms with Crippen LogP contribution in [0.5, 0.6) is 0 Å². The Morgan fingerprint density at radius 1 is 1.46 bits per heavy atom. The lowest BCUT2D eigenvalue weighted by atomic mass is 9.78. The van der Waals surface area contributed by atoms with Gasteiger partial charge in [-0.05, 0) is 30.3 Å². The molecule has 0 unspecified atom stereocenters. The summed E-state index contributed by atoms with van der Waals surface area (Å²) in [6, 6.07) is 0. The molecule has 13 heavy (non-hydrogen) atoms. The summed E-state index contributed by atoms with van der Waals surface area (Å²) in [6.07, 6.45) is 4.83.